The van der Waals surface area contributed by atoms with E-state index in [-0.39, 0.29) is 23.3 Å². The fourth-order valence-electron chi connectivity index (χ4n) is 3.68. The predicted octanol–water partition coefficient (Wildman–Crippen LogP) is 3.09. The van der Waals surface area contributed by atoms with Crippen LogP contribution in [0.2, 0.25) is 5.02 Å². The van der Waals surface area contributed by atoms with Gasteiger partial charge in [-0.05, 0) is 66.6 Å². The van der Waals surface area contributed by atoms with Crippen molar-refractivity contribution >= 4 is 33.9 Å². The van der Waals surface area contributed by atoms with Gasteiger partial charge in [-0.2, -0.15) is 0 Å². The number of aldehydes is 1. The first kappa shape index (κ1) is 21.5. The van der Waals surface area contributed by atoms with Gasteiger partial charge in [0, 0.05) is 23.0 Å². The van der Waals surface area contributed by atoms with Gasteiger partial charge in [0.05, 0.1) is 12.0 Å². The van der Waals surface area contributed by atoms with E-state index in [9.17, 15) is 18.0 Å². The summed E-state index contributed by atoms with van der Waals surface area (Å²) in [5.41, 5.74) is 3.43. The number of hydrogen-bond acceptors (Lipinski definition) is 5. The number of nitrogens with one attached hydrogen (secondary N) is 1. The van der Waals surface area contributed by atoms with Gasteiger partial charge in [-0.15, -0.1) is 0 Å². The number of ether oxygens (including phenoxy) is 1. The molecule has 1 N–H and O–H groups in total. The molecule has 154 valence electrons. The lowest BCUT2D eigenvalue weighted by molar-refractivity contribution is -0.140. The van der Waals surface area contributed by atoms with E-state index in [0.717, 1.165) is 23.0 Å². The Bertz CT molecular complexity index is 1020. The molecule has 3 rings (SSSR count). The van der Waals surface area contributed by atoms with Gasteiger partial charge in [0.2, 0.25) is 10.0 Å². The van der Waals surface area contributed by atoms with Crippen LogP contribution in [0.4, 0.5) is 0 Å². The van der Waals surface area contributed by atoms with Crippen LogP contribution in [0.15, 0.2) is 41.3 Å². The zero-order chi connectivity index (χ0) is 21.0. The van der Waals surface area contributed by atoms with Gasteiger partial charge in [-0.25, -0.2) is 13.1 Å². The van der Waals surface area contributed by atoms with E-state index in [1.54, 1.807) is 18.2 Å². The molecule has 8 heteroatoms. The molecule has 0 heterocycles. The lowest BCUT2D eigenvalue weighted by Crippen LogP contribution is -2.39. The summed E-state index contributed by atoms with van der Waals surface area (Å²) < 4.78 is 32.8. The number of esters is 1. The fourth-order valence-corrected chi connectivity index (χ4v) is 5.08. The summed E-state index contributed by atoms with van der Waals surface area (Å²) >= 11 is 5.83. The second-order valence-electron chi connectivity index (χ2n) is 6.98. The SMILES string of the molecule is COC(=O)CCc1c(C=O)ccc2c1CCC(NS(=O)(=O)c1ccc(Cl)cc1)C2. The van der Waals surface area contributed by atoms with Crippen molar-refractivity contribution < 1.29 is 22.7 Å². The highest BCUT2D eigenvalue weighted by Gasteiger charge is 2.26. The van der Waals surface area contributed by atoms with E-state index in [1.807, 2.05) is 6.07 Å². The van der Waals surface area contributed by atoms with Crippen LogP contribution in [0.1, 0.15) is 39.9 Å². The van der Waals surface area contributed by atoms with Crippen molar-refractivity contribution in [2.45, 2.75) is 43.0 Å². The minimum Gasteiger partial charge on any atom is -0.469 e. The summed E-state index contributed by atoms with van der Waals surface area (Å²) in [7, 11) is -2.32. The highest BCUT2D eigenvalue weighted by Crippen LogP contribution is 2.29. The molecule has 0 radical (unpaired) electrons. The van der Waals surface area contributed by atoms with E-state index < -0.39 is 10.0 Å². The number of carbonyl (C=O) groups is 2. The Morgan fingerprint density at radius 2 is 1.97 bits per heavy atom. The topological polar surface area (TPSA) is 89.5 Å². The van der Waals surface area contributed by atoms with Crippen LogP contribution in [0.3, 0.4) is 0 Å². The Balaban J connectivity index is 1.79. The van der Waals surface area contributed by atoms with Gasteiger partial charge >= 0.3 is 5.97 Å². The highest BCUT2D eigenvalue weighted by molar-refractivity contribution is 7.89. The third kappa shape index (κ3) is 5.04. The van der Waals surface area contributed by atoms with Gasteiger partial charge in [0.15, 0.2) is 0 Å². The highest BCUT2D eigenvalue weighted by atomic mass is 35.5. The summed E-state index contributed by atoms with van der Waals surface area (Å²) in [6, 6.07) is 9.38. The molecule has 1 aliphatic carbocycles. The van der Waals surface area contributed by atoms with E-state index in [4.69, 9.17) is 16.3 Å². The van der Waals surface area contributed by atoms with Crippen LogP contribution in [-0.4, -0.2) is 33.8 Å². The van der Waals surface area contributed by atoms with E-state index in [1.165, 1.54) is 19.2 Å². The number of carbonyl (C=O) groups excluding carboxylic acids is 2. The molecule has 0 spiro atoms. The molecule has 0 aliphatic heterocycles. The van der Waals surface area contributed by atoms with Gasteiger partial charge in [-0.1, -0.05) is 23.7 Å². The standard InChI is InChI=1S/C21H22ClNO5S/c1-28-21(25)11-10-20-15(13-24)3-2-14-12-17(6-9-19(14)20)23-29(26,27)18-7-4-16(22)5-8-18/h2-5,7-8,13,17,23H,6,9-12H2,1H3. The van der Waals surface area contributed by atoms with E-state index in [2.05, 4.69) is 4.72 Å². The van der Waals surface area contributed by atoms with Crippen molar-refractivity contribution in [2.24, 2.45) is 0 Å². The predicted molar refractivity (Wildman–Crippen MR) is 110 cm³/mol. The van der Waals surface area contributed by atoms with Crippen molar-refractivity contribution in [1.29, 1.82) is 0 Å². The summed E-state index contributed by atoms with van der Waals surface area (Å²) in [4.78, 5) is 23.1. The van der Waals surface area contributed by atoms with Crippen LogP contribution in [-0.2, 0) is 38.8 Å². The molecule has 0 aromatic heterocycles. The first-order chi connectivity index (χ1) is 13.8. The van der Waals surface area contributed by atoms with E-state index >= 15 is 0 Å². The largest absolute Gasteiger partial charge is 0.469 e. The maximum Gasteiger partial charge on any atom is 0.305 e. The van der Waals surface area contributed by atoms with Crippen molar-refractivity contribution in [3.8, 4) is 0 Å². The average Bonchev–Trinajstić information content (AvgIpc) is 2.71. The van der Waals surface area contributed by atoms with Gasteiger partial charge in [-0.3, -0.25) is 9.59 Å². The number of benzene rings is 2. The maximum absolute atomic E-state index is 12.6. The molecule has 6 nitrogen and oxygen atoms in total. The van der Waals surface area contributed by atoms with E-state index in [0.29, 0.717) is 36.3 Å². The van der Waals surface area contributed by atoms with Gasteiger partial charge in [0.25, 0.3) is 0 Å². The minimum absolute atomic E-state index is 0.169. The van der Waals surface area contributed by atoms with Crippen LogP contribution in [0.5, 0.6) is 0 Å². The molecular formula is C21H22ClNO5S. The quantitative estimate of drug-likeness (QED) is 0.533. The first-order valence-electron chi connectivity index (χ1n) is 9.27. The number of methoxy groups -OCH3 is 1. The Hall–Kier alpha value is -2.22. The molecule has 2 aromatic carbocycles. The number of hydrogen-bond donors (Lipinski definition) is 1. The number of fused-ring (bicyclic) bond motifs is 1. The Morgan fingerprint density at radius 1 is 1.24 bits per heavy atom. The van der Waals surface area contributed by atoms with Crippen LogP contribution in [0, 0.1) is 0 Å². The number of halogens is 1. The lowest BCUT2D eigenvalue weighted by Gasteiger charge is -2.28. The lowest BCUT2D eigenvalue weighted by atomic mass is 9.83. The van der Waals surface area contributed by atoms with Crippen molar-refractivity contribution in [2.75, 3.05) is 7.11 Å². The molecule has 1 atom stereocenters. The summed E-state index contributed by atoms with van der Waals surface area (Å²) in [6.07, 6.45) is 3.16. The second-order valence-corrected chi connectivity index (χ2v) is 9.13. The molecule has 1 aliphatic rings. The molecule has 0 amide bonds. The average molecular weight is 436 g/mol. The molecule has 1 unspecified atom stereocenters. The summed E-state index contributed by atoms with van der Waals surface area (Å²) in [5, 5.41) is 0.473. The number of sulfonamides is 1. The molecule has 0 fully saturated rings. The molecule has 0 bridgehead atoms. The molecular weight excluding hydrogens is 414 g/mol. The monoisotopic (exact) mass is 435 g/mol. The third-order valence-electron chi connectivity index (χ3n) is 5.15. The van der Waals surface area contributed by atoms with Gasteiger partial charge < -0.3 is 4.74 Å². The fraction of sp³-hybridized carbons (Fsp3) is 0.333. The Labute approximate surface area is 175 Å². The summed E-state index contributed by atoms with van der Waals surface area (Å²) in [5.74, 6) is -0.330. The van der Waals surface area contributed by atoms with Crippen molar-refractivity contribution in [3.63, 3.8) is 0 Å². The van der Waals surface area contributed by atoms with Crippen LogP contribution < -0.4 is 4.72 Å². The Kier molecular flexibility index (Phi) is 6.72. The van der Waals surface area contributed by atoms with Crippen molar-refractivity contribution in [1.82, 2.24) is 4.72 Å². The molecule has 0 saturated carbocycles. The third-order valence-corrected chi connectivity index (χ3v) is 6.94. The number of rotatable bonds is 7. The summed E-state index contributed by atoms with van der Waals surface area (Å²) in [6.45, 7) is 0. The first-order valence-corrected chi connectivity index (χ1v) is 11.1. The van der Waals surface area contributed by atoms with Crippen LogP contribution in [0.25, 0.3) is 0 Å². The maximum atomic E-state index is 12.6. The normalized spacial score (nSPS) is 16.1. The van der Waals surface area contributed by atoms with Crippen LogP contribution >= 0.6 is 11.6 Å². The smallest absolute Gasteiger partial charge is 0.305 e. The molecule has 0 saturated heterocycles. The van der Waals surface area contributed by atoms with Crippen molar-refractivity contribution in [3.05, 3.63) is 63.7 Å². The minimum atomic E-state index is -3.65. The molecule has 2 aromatic rings. The van der Waals surface area contributed by atoms with Gasteiger partial charge in [0.1, 0.15) is 6.29 Å². The molecule has 29 heavy (non-hydrogen) atoms. The second kappa shape index (κ2) is 9.07. The zero-order valence-electron chi connectivity index (χ0n) is 16.0. The zero-order valence-corrected chi connectivity index (χ0v) is 17.6. The Morgan fingerprint density at radius 3 is 2.62 bits per heavy atom.